The highest BCUT2D eigenvalue weighted by molar-refractivity contribution is 5.66. The minimum atomic E-state index is -0.195. The Balaban J connectivity index is 1.30. The minimum Gasteiger partial charge on any atom is -0.356 e. The summed E-state index contributed by atoms with van der Waals surface area (Å²) in [5.41, 5.74) is 3.80. The van der Waals surface area contributed by atoms with Crippen molar-refractivity contribution in [3.05, 3.63) is 72.3 Å². The molecule has 0 radical (unpaired) electrons. The van der Waals surface area contributed by atoms with Gasteiger partial charge in [-0.1, -0.05) is 12.1 Å². The minimum absolute atomic E-state index is 0.121. The highest BCUT2D eigenvalue weighted by Gasteiger charge is 2.28. The monoisotopic (exact) mass is 485 g/mol. The molecule has 7 nitrogen and oxygen atoms in total. The number of pyridine rings is 1. The van der Waals surface area contributed by atoms with Crippen molar-refractivity contribution in [2.24, 2.45) is 0 Å². The molecular weight excluding hydrogens is 453 g/mol. The van der Waals surface area contributed by atoms with E-state index in [9.17, 15) is 4.39 Å². The molecule has 0 spiro atoms. The molecule has 0 aliphatic carbocycles. The molecule has 2 aliphatic heterocycles. The van der Waals surface area contributed by atoms with Crippen LogP contribution in [0.2, 0.25) is 0 Å². The molecule has 2 aliphatic rings. The summed E-state index contributed by atoms with van der Waals surface area (Å²) < 4.78 is 15.8. The predicted octanol–water partition coefficient (Wildman–Crippen LogP) is 4.80. The Labute approximate surface area is 211 Å². The van der Waals surface area contributed by atoms with Crippen molar-refractivity contribution in [2.45, 2.75) is 37.8 Å². The molecule has 1 atom stereocenters. The van der Waals surface area contributed by atoms with E-state index in [1.807, 2.05) is 41.2 Å². The normalized spacial score (nSPS) is 19.1. The van der Waals surface area contributed by atoms with Crippen LogP contribution in [0.5, 0.6) is 0 Å². The van der Waals surface area contributed by atoms with E-state index in [0.717, 1.165) is 79.4 Å². The first-order valence-corrected chi connectivity index (χ1v) is 12.8. The summed E-state index contributed by atoms with van der Waals surface area (Å²) in [7, 11) is 4.32. The van der Waals surface area contributed by atoms with Gasteiger partial charge in [0.25, 0.3) is 0 Å². The maximum absolute atomic E-state index is 13.9. The van der Waals surface area contributed by atoms with Crippen LogP contribution in [0.3, 0.4) is 0 Å². The fraction of sp³-hybridized carbons (Fsp3) is 0.393. The first-order valence-electron chi connectivity index (χ1n) is 12.8. The molecule has 6 rings (SSSR count). The van der Waals surface area contributed by atoms with E-state index in [-0.39, 0.29) is 11.9 Å². The van der Waals surface area contributed by atoms with Crippen LogP contribution >= 0.6 is 0 Å². The third-order valence-electron chi connectivity index (χ3n) is 7.69. The maximum atomic E-state index is 13.9. The average Bonchev–Trinajstić information content (AvgIpc) is 3.56. The van der Waals surface area contributed by atoms with Crippen molar-refractivity contribution in [3.8, 4) is 11.3 Å². The zero-order chi connectivity index (χ0) is 24.6. The zero-order valence-electron chi connectivity index (χ0n) is 20.9. The summed E-state index contributed by atoms with van der Waals surface area (Å²) in [6, 6.07) is 15.9. The van der Waals surface area contributed by atoms with Crippen LogP contribution in [0.4, 0.5) is 16.0 Å². The predicted molar refractivity (Wildman–Crippen MR) is 141 cm³/mol. The highest BCUT2D eigenvalue weighted by Crippen LogP contribution is 2.36. The number of imidazole rings is 1. The van der Waals surface area contributed by atoms with Gasteiger partial charge in [-0.25, -0.2) is 18.9 Å². The van der Waals surface area contributed by atoms with Crippen LogP contribution in [-0.4, -0.2) is 64.3 Å². The molecule has 2 fully saturated rings. The second-order valence-electron chi connectivity index (χ2n) is 10.1. The quantitative estimate of drug-likeness (QED) is 0.405. The van der Waals surface area contributed by atoms with Gasteiger partial charge in [-0.3, -0.25) is 0 Å². The highest BCUT2D eigenvalue weighted by atomic mass is 19.1. The van der Waals surface area contributed by atoms with Crippen molar-refractivity contribution in [3.63, 3.8) is 0 Å². The Bertz CT molecular complexity index is 1360. The number of piperidine rings is 1. The van der Waals surface area contributed by atoms with Gasteiger partial charge in [0.05, 0.1) is 17.9 Å². The van der Waals surface area contributed by atoms with E-state index in [1.54, 1.807) is 12.1 Å². The van der Waals surface area contributed by atoms with Crippen LogP contribution < -0.4 is 9.80 Å². The van der Waals surface area contributed by atoms with Crippen LogP contribution in [0, 0.1) is 5.82 Å². The molecule has 3 aromatic heterocycles. The van der Waals surface area contributed by atoms with E-state index in [1.165, 1.54) is 6.07 Å². The second kappa shape index (κ2) is 9.50. The van der Waals surface area contributed by atoms with Crippen molar-refractivity contribution in [1.29, 1.82) is 0 Å². The Morgan fingerprint density at radius 2 is 1.78 bits per heavy atom. The molecule has 0 saturated carbocycles. The molecule has 0 amide bonds. The molecule has 0 bridgehead atoms. The van der Waals surface area contributed by atoms with E-state index in [2.05, 4.69) is 44.8 Å². The van der Waals surface area contributed by atoms with Crippen LogP contribution in [0.15, 0.2) is 60.9 Å². The largest absolute Gasteiger partial charge is 0.356 e. The maximum Gasteiger partial charge on any atom is 0.154 e. The van der Waals surface area contributed by atoms with Gasteiger partial charge in [0, 0.05) is 37.4 Å². The standard InChI is InChI=1S/C28H32FN7/c1-33(2)23-11-15-34(16-12-23)28-18-21(10-13-30-28)25-19-31-26-8-9-27(32-36(25)26)35-14-4-7-24(35)20-5-3-6-22(29)17-20/h3,5-6,8-10,13,17-19,23-24H,4,7,11-12,14-16H2,1-2H3. The summed E-state index contributed by atoms with van der Waals surface area (Å²) in [6.45, 7) is 2.91. The molecule has 4 aromatic rings. The summed E-state index contributed by atoms with van der Waals surface area (Å²) in [4.78, 5) is 16.3. The van der Waals surface area contributed by atoms with Gasteiger partial charge in [-0.15, -0.1) is 5.10 Å². The van der Waals surface area contributed by atoms with Gasteiger partial charge in [-0.05, 0) is 81.7 Å². The number of hydrogen-bond donors (Lipinski definition) is 0. The molecule has 2 saturated heterocycles. The Morgan fingerprint density at radius 1 is 0.917 bits per heavy atom. The SMILES string of the molecule is CN(C)C1CCN(c2cc(-c3cnc4ccc(N5CCCC5c5cccc(F)c5)nn34)ccn2)CC1. The van der Waals surface area contributed by atoms with Gasteiger partial charge in [0.15, 0.2) is 5.65 Å². The van der Waals surface area contributed by atoms with Crippen molar-refractivity contribution in [1.82, 2.24) is 24.5 Å². The van der Waals surface area contributed by atoms with E-state index in [0.29, 0.717) is 6.04 Å². The number of fused-ring (bicyclic) bond motifs is 1. The van der Waals surface area contributed by atoms with Crippen molar-refractivity contribution >= 4 is 17.3 Å². The topological polar surface area (TPSA) is 52.8 Å². The molecular formula is C28H32FN7. The molecule has 5 heterocycles. The van der Waals surface area contributed by atoms with Gasteiger partial charge in [0.1, 0.15) is 17.5 Å². The fourth-order valence-corrected chi connectivity index (χ4v) is 5.68. The lowest BCUT2D eigenvalue weighted by Gasteiger charge is -2.35. The molecule has 36 heavy (non-hydrogen) atoms. The number of hydrogen-bond acceptors (Lipinski definition) is 6. The Morgan fingerprint density at radius 3 is 2.58 bits per heavy atom. The number of aromatic nitrogens is 4. The molecule has 1 unspecified atom stereocenters. The third kappa shape index (κ3) is 4.30. The van der Waals surface area contributed by atoms with Crippen LogP contribution in [-0.2, 0) is 0 Å². The first kappa shape index (κ1) is 22.9. The summed E-state index contributed by atoms with van der Waals surface area (Å²) in [5, 5.41) is 5.01. The van der Waals surface area contributed by atoms with Crippen LogP contribution in [0.25, 0.3) is 16.9 Å². The number of nitrogens with zero attached hydrogens (tertiary/aromatic N) is 7. The fourth-order valence-electron chi connectivity index (χ4n) is 5.68. The lowest BCUT2D eigenvalue weighted by atomic mass is 10.0. The molecule has 1 aromatic carbocycles. The smallest absolute Gasteiger partial charge is 0.154 e. The lowest BCUT2D eigenvalue weighted by molar-refractivity contribution is 0.249. The molecule has 186 valence electrons. The zero-order valence-corrected chi connectivity index (χ0v) is 20.9. The van der Waals surface area contributed by atoms with Crippen molar-refractivity contribution in [2.75, 3.05) is 43.5 Å². The van der Waals surface area contributed by atoms with Gasteiger partial charge >= 0.3 is 0 Å². The number of anilines is 2. The van der Waals surface area contributed by atoms with Gasteiger partial charge < -0.3 is 14.7 Å². The first-order chi connectivity index (χ1) is 17.6. The van der Waals surface area contributed by atoms with Crippen molar-refractivity contribution < 1.29 is 4.39 Å². The second-order valence-corrected chi connectivity index (χ2v) is 10.1. The third-order valence-corrected chi connectivity index (χ3v) is 7.69. The summed E-state index contributed by atoms with van der Waals surface area (Å²) in [5.74, 6) is 1.69. The molecule has 8 heteroatoms. The van der Waals surface area contributed by atoms with Gasteiger partial charge in [0.2, 0.25) is 0 Å². The number of rotatable bonds is 5. The summed E-state index contributed by atoms with van der Waals surface area (Å²) in [6.07, 6.45) is 8.08. The van der Waals surface area contributed by atoms with Crippen LogP contribution in [0.1, 0.15) is 37.3 Å². The Kier molecular flexibility index (Phi) is 6.05. The summed E-state index contributed by atoms with van der Waals surface area (Å²) >= 11 is 0. The molecule has 0 N–H and O–H groups in total. The average molecular weight is 486 g/mol. The number of halogens is 1. The van der Waals surface area contributed by atoms with E-state index < -0.39 is 0 Å². The van der Waals surface area contributed by atoms with E-state index >= 15 is 0 Å². The van der Waals surface area contributed by atoms with Gasteiger partial charge in [-0.2, -0.15) is 0 Å². The van der Waals surface area contributed by atoms with E-state index in [4.69, 9.17) is 5.10 Å². The Hall–Kier alpha value is -3.52. The number of benzene rings is 1. The lowest BCUT2D eigenvalue weighted by Crippen LogP contribution is -2.42.